The predicted octanol–water partition coefficient (Wildman–Crippen LogP) is 1.91. The molecule has 1 aromatic carbocycles. The standard InChI is InChI=1S/C17H21NO5/c1-12(2)23-17(21)10-9-16(20)22-11-15(18-13(3)19)14-7-5-4-6-8-14/h4-10,12,15H,11H2,1-3H3,(H,18,19)/b10-9+. The van der Waals surface area contributed by atoms with Gasteiger partial charge in [-0.1, -0.05) is 30.3 Å². The Balaban J connectivity index is 2.57. The molecule has 0 aliphatic heterocycles. The first-order valence-electron chi connectivity index (χ1n) is 7.26. The number of esters is 2. The average Bonchev–Trinajstić information content (AvgIpc) is 2.49. The van der Waals surface area contributed by atoms with E-state index in [0.29, 0.717) is 0 Å². The van der Waals surface area contributed by atoms with Gasteiger partial charge in [0, 0.05) is 19.1 Å². The van der Waals surface area contributed by atoms with E-state index < -0.39 is 18.0 Å². The summed E-state index contributed by atoms with van der Waals surface area (Å²) in [4.78, 5) is 34.2. The Kier molecular flexibility index (Phi) is 7.53. The second-order valence-corrected chi connectivity index (χ2v) is 5.11. The van der Waals surface area contributed by atoms with Gasteiger partial charge in [0.25, 0.3) is 0 Å². The third-order valence-corrected chi connectivity index (χ3v) is 2.68. The third-order valence-electron chi connectivity index (χ3n) is 2.68. The average molecular weight is 319 g/mol. The molecule has 0 radical (unpaired) electrons. The van der Waals surface area contributed by atoms with Crippen molar-refractivity contribution in [2.24, 2.45) is 0 Å². The van der Waals surface area contributed by atoms with Gasteiger partial charge in [-0.2, -0.15) is 0 Å². The van der Waals surface area contributed by atoms with E-state index in [9.17, 15) is 14.4 Å². The number of rotatable bonds is 7. The van der Waals surface area contributed by atoms with Crippen LogP contribution in [0.3, 0.4) is 0 Å². The minimum Gasteiger partial charge on any atom is -0.460 e. The Morgan fingerprint density at radius 2 is 1.70 bits per heavy atom. The lowest BCUT2D eigenvalue weighted by atomic mass is 10.1. The van der Waals surface area contributed by atoms with E-state index >= 15 is 0 Å². The van der Waals surface area contributed by atoms with Crippen LogP contribution in [-0.2, 0) is 23.9 Å². The number of hydrogen-bond acceptors (Lipinski definition) is 5. The smallest absolute Gasteiger partial charge is 0.331 e. The molecule has 0 saturated heterocycles. The van der Waals surface area contributed by atoms with Crippen molar-refractivity contribution >= 4 is 17.8 Å². The summed E-state index contributed by atoms with van der Waals surface area (Å²) in [5, 5.41) is 2.71. The van der Waals surface area contributed by atoms with E-state index in [0.717, 1.165) is 17.7 Å². The van der Waals surface area contributed by atoms with Crippen molar-refractivity contribution in [3.05, 3.63) is 48.0 Å². The largest absolute Gasteiger partial charge is 0.460 e. The minimum absolute atomic E-state index is 0.0357. The number of amides is 1. The molecular weight excluding hydrogens is 298 g/mol. The Morgan fingerprint density at radius 1 is 1.09 bits per heavy atom. The number of ether oxygens (including phenoxy) is 2. The van der Waals surface area contributed by atoms with Gasteiger partial charge >= 0.3 is 11.9 Å². The van der Waals surface area contributed by atoms with Crippen LogP contribution in [0.5, 0.6) is 0 Å². The van der Waals surface area contributed by atoms with Crippen LogP contribution < -0.4 is 5.32 Å². The number of benzene rings is 1. The van der Waals surface area contributed by atoms with Crippen molar-refractivity contribution in [2.75, 3.05) is 6.61 Å². The Hall–Kier alpha value is -2.63. The van der Waals surface area contributed by atoms with Crippen LogP contribution in [0.1, 0.15) is 32.4 Å². The number of carbonyl (C=O) groups is 3. The molecule has 0 spiro atoms. The zero-order chi connectivity index (χ0) is 17.2. The van der Waals surface area contributed by atoms with E-state index in [4.69, 9.17) is 9.47 Å². The lowest BCUT2D eigenvalue weighted by molar-refractivity contribution is -0.143. The second-order valence-electron chi connectivity index (χ2n) is 5.11. The Labute approximate surface area is 135 Å². The van der Waals surface area contributed by atoms with Crippen molar-refractivity contribution in [1.82, 2.24) is 5.32 Å². The van der Waals surface area contributed by atoms with E-state index in [1.165, 1.54) is 6.92 Å². The summed E-state index contributed by atoms with van der Waals surface area (Å²) in [6.07, 6.45) is 1.75. The molecule has 1 aromatic rings. The summed E-state index contributed by atoms with van der Waals surface area (Å²) >= 11 is 0. The first kappa shape index (κ1) is 18.4. The lowest BCUT2D eigenvalue weighted by Crippen LogP contribution is -2.30. The SMILES string of the molecule is CC(=O)NC(COC(=O)/C=C/C(=O)OC(C)C)c1ccccc1. The highest BCUT2D eigenvalue weighted by molar-refractivity contribution is 5.91. The first-order chi connectivity index (χ1) is 10.9. The number of hydrogen-bond donors (Lipinski definition) is 1. The fourth-order valence-electron chi connectivity index (χ4n) is 1.77. The van der Waals surface area contributed by atoms with Crippen LogP contribution in [0.25, 0.3) is 0 Å². The van der Waals surface area contributed by atoms with Gasteiger partial charge in [-0.15, -0.1) is 0 Å². The number of carbonyl (C=O) groups excluding carboxylic acids is 3. The molecule has 1 amide bonds. The summed E-state index contributed by atoms with van der Waals surface area (Å²) in [5.41, 5.74) is 0.818. The third kappa shape index (κ3) is 7.80. The molecule has 0 bridgehead atoms. The molecule has 0 aromatic heterocycles. The van der Waals surface area contributed by atoms with E-state index in [1.807, 2.05) is 30.3 Å². The summed E-state index contributed by atoms with van der Waals surface area (Å²) < 4.78 is 9.92. The van der Waals surface area contributed by atoms with Crippen LogP contribution in [0, 0.1) is 0 Å². The highest BCUT2D eigenvalue weighted by Gasteiger charge is 2.14. The molecule has 0 heterocycles. The minimum atomic E-state index is -0.683. The number of nitrogens with one attached hydrogen (secondary N) is 1. The summed E-state index contributed by atoms with van der Waals surface area (Å²) in [6, 6.07) is 8.70. The van der Waals surface area contributed by atoms with Crippen molar-refractivity contribution in [3.63, 3.8) is 0 Å². The molecule has 0 saturated carbocycles. The van der Waals surface area contributed by atoms with Crippen molar-refractivity contribution < 1.29 is 23.9 Å². The molecular formula is C17H21NO5. The molecule has 1 rings (SSSR count). The van der Waals surface area contributed by atoms with Crippen molar-refractivity contribution in [3.8, 4) is 0 Å². The van der Waals surface area contributed by atoms with Gasteiger partial charge in [-0.05, 0) is 19.4 Å². The quantitative estimate of drug-likeness (QED) is 0.613. The van der Waals surface area contributed by atoms with E-state index in [-0.39, 0.29) is 18.6 Å². The molecule has 23 heavy (non-hydrogen) atoms. The summed E-state index contributed by atoms with van der Waals surface area (Å²) in [6.45, 7) is 4.77. The van der Waals surface area contributed by atoms with Crippen molar-refractivity contribution in [2.45, 2.75) is 32.9 Å². The van der Waals surface area contributed by atoms with Gasteiger partial charge in [-0.3, -0.25) is 4.79 Å². The van der Waals surface area contributed by atoms with Gasteiger partial charge in [0.05, 0.1) is 12.1 Å². The lowest BCUT2D eigenvalue weighted by Gasteiger charge is -2.17. The maximum absolute atomic E-state index is 11.6. The normalized spacial score (nSPS) is 12.0. The van der Waals surface area contributed by atoms with Crippen molar-refractivity contribution in [1.29, 1.82) is 0 Å². The van der Waals surface area contributed by atoms with Crippen LogP contribution in [0.15, 0.2) is 42.5 Å². The maximum atomic E-state index is 11.6. The van der Waals surface area contributed by atoms with Gasteiger partial charge in [0.2, 0.25) is 5.91 Å². The van der Waals surface area contributed by atoms with Gasteiger partial charge < -0.3 is 14.8 Å². The zero-order valence-electron chi connectivity index (χ0n) is 13.4. The molecule has 1 N–H and O–H groups in total. The molecule has 0 fully saturated rings. The fourth-order valence-corrected chi connectivity index (χ4v) is 1.77. The molecule has 6 nitrogen and oxygen atoms in total. The zero-order valence-corrected chi connectivity index (χ0v) is 13.4. The molecule has 1 atom stereocenters. The van der Waals surface area contributed by atoms with Crippen LogP contribution in [-0.4, -0.2) is 30.6 Å². The molecule has 1 unspecified atom stereocenters. The molecule has 0 aliphatic carbocycles. The monoisotopic (exact) mass is 319 g/mol. The summed E-state index contributed by atoms with van der Waals surface area (Å²) in [5.74, 6) is -1.53. The highest BCUT2D eigenvalue weighted by atomic mass is 16.5. The van der Waals surface area contributed by atoms with Gasteiger partial charge in [0.15, 0.2) is 0 Å². The fraction of sp³-hybridized carbons (Fsp3) is 0.353. The predicted molar refractivity (Wildman–Crippen MR) is 84.3 cm³/mol. The summed E-state index contributed by atoms with van der Waals surface area (Å²) in [7, 11) is 0. The van der Waals surface area contributed by atoms with Gasteiger partial charge in [-0.25, -0.2) is 9.59 Å². The van der Waals surface area contributed by atoms with Gasteiger partial charge in [0.1, 0.15) is 6.61 Å². The topological polar surface area (TPSA) is 81.7 Å². The Morgan fingerprint density at radius 3 is 2.26 bits per heavy atom. The van der Waals surface area contributed by atoms with Crippen LogP contribution >= 0.6 is 0 Å². The second kappa shape index (κ2) is 9.40. The molecule has 6 heteroatoms. The van der Waals surface area contributed by atoms with Crippen LogP contribution in [0.2, 0.25) is 0 Å². The first-order valence-corrected chi connectivity index (χ1v) is 7.26. The Bertz CT molecular complexity index is 566. The van der Waals surface area contributed by atoms with E-state index in [1.54, 1.807) is 13.8 Å². The molecule has 124 valence electrons. The highest BCUT2D eigenvalue weighted by Crippen LogP contribution is 2.13. The van der Waals surface area contributed by atoms with E-state index in [2.05, 4.69) is 5.32 Å². The molecule has 0 aliphatic rings. The maximum Gasteiger partial charge on any atom is 0.331 e. The van der Waals surface area contributed by atoms with Crippen LogP contribution in [0.4, 0.5) is 0 Å².